The normalized spacial score (nSPS) is 10.9. The van der Waals surface area contributed by atoms with E-state index in [2.05, 4.69) is 43.1 Å². The van der Waals surface area contributed by atoms with Crippen molar-refractivity contribution >= 4 is 11.4 Å². The monoisotopic (exact) mass is 305 g/mol. The number of nitrogens with two attached hydrogens (primary N) is 1. The molecule has 22 heavy (non-hydrogen) atoms. The quantitative estimate of drug-likeness (QED) is 0.445. The van der Waals surface area contributed by atoms with Gasteiger partial charge in [0.15, 0.2) is 0 Å². The van der Waals surface area contributed by atoms with Crippen LogP contribution in [0.2, 0.25) is 0 Å². The van der Waals surface area contributed by atoms with Crippen LogP contribution in [-0.2, 0) is 0 Å². The van der Waals surface area contributed by atoms with E-state index >= 15 is 0 Å². The molecule has 0 saturated carbocycles. The number of hydrogen-bond donors (Lipinski definition) is 2. The van der Waals surface area contributed by atoms with Crippen molar-refractivity contribution < 1.29 is 0 Å². The van der Waals surface area contributed by atoms with Gasteiger partial charge in [0.25, 0.3) is 0 Å². The van der Waals surface area contributed by atoms with Gasteiger partial charge in [-0.3, -0.25) is 0 Å². The van der Waals surface area contributed by atoms with Gasteiger partial charge in [0.1, 0.15) is 0 Å². The van der Waals surface area contributed by atoms with E-state index in [4.69, 9.17) is 5.73 Å². The molecule has 0 unspecified atom stereocenters. The van der Waals surface area contributed by atoms with Gasteiger partial charge in [-0.05, 0) is 69.5 Å². The third kappa shape index (κ3) is 7.17. The zero-order chi connectivity index (χ0) is 16.2. The highest BCUT2D eigenvalue weighted by Crippen LogP contribution is 2.21. The summed E-state index contributed by atoms with van der Waals surface area (Å²) in [7, 11) is 0. The minimum Gasteiger partial charge on any atom is -0.399 e. The number of hydrogen-bond acceptors (Lipinski definition) is 3. The van der Waals surface area contributed by atoms with Gasteiger partial charge in [-0.2, -0.15) is 0 Å². The van der Waals surface area contributed by atoms with Crippen molar-refractivity contribution in [2.24, 2.45) is 0 Å². The van der Waals surface area contributed by atoms with E-state index in [0.717, 1.165) is 25.3 Å². The van der Waals surface area contributed by atoms with E-state index in [1.165, 1.54) is 56.3 Å². The van der Waals surface area contributed by atoms with Gasteiger partial charge >= 0.3 is 0 Å². The average Bonchev–Trinajstić information content (AvgIpc) is 2.51. The van der Waals surface area contributed by atoms with Crippen LogP contribution in [0.25, 0.3) is 0 Å². The van der Waals surface area contributed by atoms with Crippen molar-refractivity contribution in [1.29, 1.82) is 0 Å². The molecule has 1 rings (SSSR count). The number of nitrogens with zero attached hydrogens (tertiary/aromatic N) is 1. The number of aryl methyl sites for hydroxylation is 1. The number of nitrogens with one attached hydrogen (secondary N) is 1. The maximum Gasteiger partial charge on any atom is 0.0370 e. The molecule has 3 nitrogen and oxygen atoms in total. The summed E-state index contributed by atoms with van der Waals surface area (Å²) in [5.41, 5.74) is 9.32. The lowest BCUT2D eigenvalue weighted by atomic mass is 10.1. The number of rotatable bonds is 12. The lowest BCUT2D eigenvalue weighted by Crippen LogP contribution is -2.25. The smallest absolute Gasteiger partial charge is 0.0370 e. The van der Waals surface area contributed by atoms with Crippen LogP contribution in [0.4, 0.5) is 11.4 Å². The van der Waals surface area contributed by atoms with Gasteiger partial charge in [0.05, 0.1) is 0 Å². The predicted molar refractivity (Wildman–Crippen MR) is 99.7 cm³/mol. The van der Waals surface area contributed by atoms with Crippen molar-refractivity contribution in [2.45, 2.75) is 59.3 Å². The SMILES string of the molecule is CCCNCCCCCCN(CCC)c1ccc(N)c(C)c1. The van der Waals surface area contributed by atoms with Crippen molar-refractivity contribution in [3.63, 3.8) is 0 Å². The van der Waals surface area contributed by atoms with Crippen LogP contribution in [0.5, 0.6) is 0 Å². The lowest BCUT2D eigenvalue weighted by molar-refractivity contribution is 0.579. The molecule has 0 aromatic heterocycles. The van der Waals surface area contributed by atoms with E-state index in [-0.39, 0.29) is 0 Å². The molecule has 0 aliphatic rings. The lowest BCUT2D eigenvalue weighted by Gasteiger charge is -2.25. The van der Waals surface area contributed by atoms with Crippen LogP contribution < -0.4 is 16.0 Å². The van der Waals surface area contributed by atoms with Crippen LogP contribution in [0.1, 0.15) is 57.9 Å². The highest BCUT2D eigenvalue weighted by Gasteiger charge is 2.06. The second kappa shape index (κ2) is 11.4. The third-order valence-electron chi connectivity index (χ3n) is 4.07. The van der Waals surface area contributed by atoms with E-state index in [1.54, 1.807) is 0 Å². The molecule has 3 heteroatoms. The average molecular weight is 306 g/mol. The van der Waals surface area contributed by atoms with Crippen LogP contribution in [0.15, 0.2) is 18.2 Å². The minimum absolute atomic E-state index is 0.889. The summed E-state index contributed by atoms with van der Waals surface area (Å²) in [6.07, 6.45) is 7.64. The Morgan fingerprint density at radius 2 is 1.73 bits per heavy atom. The molecule has 0 fully saturated rings. The first-order valence-electron chi connectivity index (χ1n) is 9.00. The molecule has 0 spiro atoms. The molecule has 0 radical (unpaired) electrons. The summed E-state index contributed by atoms with van der Waals surface area (Å²) in [5, 5.41) is 3.47. The summed E-state index contributed by atoms with van der Waals surface area (Å²) in [6, 6.07) is 6.42. The van der Waals surface area contributed by atoms with Gasteiger partial charge in [0, 0.05) is 24.5 Å². The Bertz CT molecular complexity index is 404. The Kier molecular flexibility index (Phi) is 9.72. The molecular weight excluding hydrogens is 270 g/mol. The Balaban J connectivity index is 2.30. The van der Waals surface area contributed by atoms with Gasteiger partial charge in [-0.1, -0.05) is 26.7 Å². The minimum atomic E-state index is 0.889. The summed E-state index contributed by atoms with van der Waals surface area (Å²) in [4.78, 5) is 2.50. The first kappa shape index (κ1) is 18.8. The number of anilines is 2. The van der Waals surface area contributed by atoms with E-state index in [9.17, 15) is 0 Å². The molecule has 0 atom stereocenters. The molecule has 0 aliphatic heterocycles. The summed E-state index contributed by atoms with van der Waals surface area (Å²) in [5.74, 6) is 0. The summed E-state index contributed by atoms with van der Waals surface area (Å²) >= 11 is 0. The second-order valence-electron chi connectivity index (χ2n) is 6.19. The highest BCUT2D eigenvalue weighted by molar-refractivity contribution is 5.58. The fourth-order valence-corrected chi connectivity index (χ4v) is 2.70. The van der Waals surface area contributed by atoms with Crippen molar-refractivity contribution in [3.8, 4) is 0 Å². The summed E-state index contributed by atoms with van der Waals surface area (Å²) in [6.45, 7) is 11.2. The van der Waals surface area contributed by atoms with Crippen LogP contribution in [-0.4, -0.2) is 26.2 Å². The fourth-order valence-electron chi connectivity index (χ4n) is 2.70. The molecule has 0 bridgehead atoms. The van der Waals surface area contributed by atoms with E-state index < -0.39 is 0 Å². The van der Waals surface area contributed by atoms with Gasteiger partial charge in [0.2, 0.25) is 0 Å². The number of nitrogen functional groups attached to an aromatic ring is 1. The van der Waals surface area contributed by atoms with E-state index in [0.29, 0.717) is 0 Å². The molecule has 1 aromatic carbocycles. The Morgan fingerprint density at radius 3 is 2.41 bits per heavy atom. The predicted octanol–water partition coefficient (Wildman–Crippen LogP) is 4.35. The highest BCUT2D eigenvalue weighted by atomic mass is 15.1. The van der Waals surface area contributed by atoms with Gasteiger partial charge in [-0.25, -0.2) is 0 Å². The molecule has 126 valence electrons. The Hall–Kier alpha value is -1.22. The first-order valence-corrected chi connectivity index (χ1v) is 9.00. The Labute approximate surface area is 137 Å². The van der Waals surface area contributed by atoms with Crippen LogP contribution in [0, 0.1) is 6.92 Å². The molecule has 0 aliphatic carbocycles. The van der Waals surface area contributed by atoms with Gasteiger partial charge in [-0.15, -0.1) is 0 Å². The maximum absolute atomic E-state index is 5.93. The molecule has 0 heterocycles. The molecule has 0 saturated heterocycles. The molecule has 1 aromatic rings. The first-order chi connectivity index (χ1) is 10.7. The van der Waals surface area contributed by atoms with E-state index in [1.807, 2.05) is 6.07 Å². The number of benzene rings is 1. The van der Waals surface area contributed by atoms with Crippen LogP contribution >= 0.6 is 0 Å². The van der Waals surface area contributed by atoms with Crippen molar-refractivity contribution in [2.75, 3.05) is 36.8 Å². The largest absolute Gasteiger partial charge is 0.399 e. The molecular formula is C19H35N3. The zero-order valence-electron chi connectivity index (χ0n) is 14.8. The van der Waals surface area contributed by atoms with Crippen molar-refractivity contribution in [1.82, 2.24) is 5.32 Å². The topological polar surface area (TPSA) is 41.3 Å². The molecule has 0 amide bonds. The Morgan fingerprint density at radius 1 is 0.955 bits per heavy atom. The van der Waals surface area contributed by atoms with Gasteiger partial charge < -0.3 is 16.0 Å². The zero-order valence-corrected chi connectivity index (χ0v) is 14.8. The second-order valence-corrected chi connectivity index (χ2v) is 6.19. The maximum atomic E-state index is 5.93. The molecule has 3 N–H and O–H groups in total. The van der Waals surface area contributed by atoms with Crippen LogP contribution in [0.3, 0.4) is 0 Å². The van der Waals surface area contributed by atoms with Crippen molar-refractivity contribution in [3.05, 3.63) is 23.8 Å². The standard InChI is InChI=1S/C19H35N3/c1-4-12-21-13-8-6-7-9-15-22(14-5-2)18-10-11-19(20)17(3)16-18/h10-11,16,21H,4-9,12-15,20H2,1-3H3. The fraction of sp³-hybridized carbons (Fsp3) is 0.684. The third-order valence-corrected chi connectivity index (χ3v) is 4.07. The summed E-state index contributed by atoms with van der Waals surface area (Å²) < 4.78 is 0. The number of unbranched alkanes of at least 4 members (excludes halogenated alkanes) is 3.